The summed E-state index contributed by atoms with van der Waals surface area (Å²) in [5.41, 5.74) is 14.2. The van der Waals surface area contributed by atoms with Crippen LogP contribution in [0.1, 0.15) is 78.1 Å². The Kier molecular flexibility index (Phi) is 6.56. The summed E-state index contributed by atoms with van der Waals surface area (Å²) in [5.74, 6) is 1.66. The Labute approximate surface area is 192 Å². The van der Waals surface area contributed by atoms with Crippen LogP contribution in [0.2, 0.25) is 0 Å². The fourth-order valence-electron chi connectivity index (χ4n) is 7.87. The molecule has 8 heteroatoms. The van der Waals surface area contributed by atoms with Gasteiger partial charge in [-0.2, -0.15) is 5.10 Å². The Hall–Kier alpha value is -1.67. The van der Waals surface area contributed by atoms with Crippen molar-refractivity contribution in [2.24, 2.45) is 56.2 Å². The number of nitrogens with two attached hydrogens (primary N) is 2. The normalized spacial score (nSPS) is 44.7. The minimum atomic E-state index is -0.623. The summed E-state index contributed by atoms with van der Waals surface area (Å²) in [6, 6.07) is 0. The molecule has 0 aromatic carbocycles. The van der Waals surface area contributed by atoms with Crippen LogP contribution in [-0.2, 0) is 4.84 Å². The van der Waals surface area contributed by atoms with Crippen LogP contribution in [0.5, 0.6) is 0 Å². The standard InChI is InChI=1S/C24H42N6O2/c1-22-9-7-18(29-30-21(26)27)14-16(22)4-5-20-19(22)8-10-23(2)17(6-11-24(20,23)31)15-28-32-13-3-12-25/h15-17,19-20,31H,3-14,25H2,1-2H3,(H4,26,27,30)/t16?,17?,19-,20-,22+,23-,24-/m1/s1. The Balaban J connectivity index is 1.48. The molecule has 4 aliphatic carbocycles. The van der Waals surface area contributed by atoms with Gasteiger partial charge in [0.2, 0.25) is 5.96 Å². The summed E-state index contributed by atoms with van der Waals surface area (Å²) in [4.78, 5) is 5.40. The van der Waals surface area contributed by atoms with E-state index < -0.39 is 5.60 Å². The molecule has 0 radical (unpaired) electrons. The van der Waals surface area contributed by atoms with Gasteiger partial charge in [-0.15, -0.1) is 0 Å². The molecule has 7 N–H and O–H groups in total. The van der Waals surface area contributed by atoms with Crippen LogP contribution in [0.4, 0.5) is 0 Å². The summed E-state index contributed by atoms with van der Waals surface area (Å²) in [5, 5.41) is 28.2. The number of hydrogen-bond acceptors (Lipinski definition) is 6. The van der Waals surface area contributed by atoms with Crippen molar-refractivity contribution >= 4 is 17.9 Å². The van der Waals surface area contributed by atoms with Crippen molar-refractivity contribution in [3.63, 3.8) is 0 Å². The molecule has 0 aromatic heterocycles. The van der Waals surface area contributed by atoms with Crippen LogP contribution in [0.3, 0.4) is 0 Å². The van der Waals surface area contributed by atoms with Crippen molar-refractivity contribution in [2.45, 2.75) is 83.7 Å². The molecule has 0 heterocycles. The van der Waals surface area contributed by atoms with Gasteiger partial charge in [0.1, 0.15) is 6.61 Å². The molecular formula is C24H42N6O2. The van der Waals surface area contributed by atoms with Crippen molar-refractivity contribution in [2.75, 3.05) is 13.2 Å². The maximum atomic E-state index is 12.2. The lowest BCUT2D eigenvalue weighted by Gasteiger charge is -2.63. The van der Waals surface area contributed by atoms with Gasteiger partial charge in [0, 0.05) is 23.3 Å². The smallest absolute Gasteiger partial charge is 0.206 e. The second kappa shape index (κ2) is 8.93. The quantitative estimate of drug-likeness (QED) is 0.184. The number of guanidine groups is 1. The number of nitrogens with zero attached hydrogens (tertiary/aromatic N) is 2. The second-order valence-electron chi connectivity index (χ2n) is 11.2. The summed E-state index contributed by atoms with van der Waals surface area (Å²) >= 11 is 0. The highest BCUT2D eigenvalue weighted by Crippen LogP contribution is 2.68. The molecular weight excluding hydrogens is 404 g/mol. The topological polar surface area (TPSA) is 142 Å². The van der Waals surface area contributed by atoms with Crippen molar-refractivity contribution in [1.29, 1.82) is 5.41 Å². The van der Waals surface area contributed by atoms with E-state index in [1.54, 1.807) is 0 Å². The predicted molar refractivity (Wildman–Crippen MR) is 127 cm³/mol. The number of hydrazone groups is 1. The van der Waals surface area contributed by atoms with Gasteiger partial charge in [-0.25, -0.2) is 5.43 Å². The molecule has 2 unspecified atom stereocenters. The number of rotatable bonds is 6. The van der Waals surface area contributed by atoms with Gasteiger partial charge in [-0.3, -0.25) is 5.41 Å². The third kappa shape index (κ3) is 3.83. The van der Waals surface area contributed by atoms with Crippen molar-refractivity contribution < 1.29 is 9.94 Å². The van der Waals surface area contributed by atoms with Gasteiger partial charge >= 0.3 is 0 Å². The number of nitrogens with one attached hydrogen (secondary N) is 2. The van der Waals surface area contributed by atoms with E-state index in [0.717, 1.165) is 63.5 Å². The van der Waals surface area contributed by atoms with E-state index in [1.807, 2.05) is 6.21 Å². The highest BCUT2D eigenvalue weighted by molar-refractivity contribution is 5.87. The Morgan fingerprint density at radius 2 is 2.03 bits per heavy atom. The molecule has 0 saturated heterocycles. The lowest BCUT2D eigenvalue weighted by atomic mass is 9.43. The molecule has 4 saturated carbocycles. The SMILES string of the molecule is C[C@]12CCC(=NNC(=N)N)CC1CC[C@@H]1[C@H]2CC[C@]2(C)C(C=NOCCCN)CC[C@@]12O. The van der Waals surface area contributed by atoms with E-state index in [-0.39, 0.29) is 22.7 Å². The van der Waals surface area contributed by atoms with Crippen molar-refractivity contribution in [3.8, 4) is 0 Å². The van der Waals surface area contributed by atoms with Gasteiger partial charge in [-0.1, -0.05) is 19.0 Å². The molecule has 32 heavy (non-hydrogen) atoms. The van der Waals surface area contributed by atoms with E-state index >= 15 is 0 Å². The van der Waals surface area contributed by atoms with E-state index in [9.17, 15) is 5.11 Å². The van der Waals surface area contributed by atoms with Crippen LogP contribution in [-0.4, -0.2) is 41.7 Å². The zero-order valence-electron chi connectivity index (χ0n) is 19.8. The molecule has 0 amide bonds. The fourth-order valence-corrected chi connectivity index (χ4v) is 7.87. The van der Waals surface area contributed by atoms with Crippen LogP contribution < -0.4 is 16.9 Å². The van der Waals surface area contributed by atoms with Crippen LogP contribution in [0.15, 0.2) is 10.3 Å². The van der Waals surface area contributed by atoms with Gasteiger partial charge in [0.05, 0.1) is 5.60 Å². The minimum Gasteiger partial charge on any atom is -0.396 e. The molecule has 0 bridgehead atoms. The third-order valence-electron chi connectivity index (χ3n) is 9.85. The van der Waals surface area contributed by atoms with Gasteiger partial charge in [0.15, 0.2) is 0 Å². The highest BCUT2D eigenvalue weighted by atomic mass is 16.6. The highest BCUT2D eigenvalue weighted by Gasteiger charge is 2.66. The van der Waals surface area contributed by atoms with Gasteiger partial charge < -0.3 is 21.4 Å². The number of hydrogen-bond donors (Lipinski definition) is 5. The Morgan fingerprint density at radius 1 is 1.22 bits per heavy atom. The predicted octanol–water partition coefficient (Wildman–Crippen LogP) is 2.95. The summed E-state index contributed by atoms with van der Waals surface area (Å²) in [6.07, 6.45) is 12.1. The maximum Gasteiger partial charge on any atom is 0.206 e. The van der Waals surface area contributed by atoms with Gasteiger partial charge in [-0.05, 0) is 93.9 Å². The molecule has 4 aliphatic rings. The third-order valence-corrected chi connectivity index (χ3v) is 9.85. The largest absolute Gasteiger partial charge is 0.396 e. The zero-order chi connectivity index (χ0) is 23.0. The maximum absolute atomic E-state index is 12.2. The summed E-state index contributed by atoms with van der Waals surface area (Å²) in [6.45, 7) is 5.92. The van der Waals surface area contributed by atoms with E-state index in [2.05, 4.69) is 29.5 Å². The first-order valence-corrected chi connectivity index (χ1v) is 12.5. The molecule has 7 atom stereocenters. The average Bonchev–Trinajstić information content (AvgIpc) is 3.03. The number of fused-ring (bicyclic) bond motifs is 5. The summed E-state index contributed by atoms with van der Waals surface area (Å²) < 4.78 is 0. The van der Waals surface area contributed by atoms with Gasteiger partial charge in [0.25, 0.3) is 0 Å². The average molecular weight is 447 g/mol. The molecule has 0 spiro atoms. The first-order valence-electron chi connectivity index (χ1n) is 12.5. The number of aliphatic hydroxyl groups is 1. The van der Waals surface area contributed by atoms with Crippen LogP contribution in [0, 0.1) is 39.9 Å². The molecule has 4 fully saturated rings. The van der Waals surface area contributed by atoms with Crippen molar-refractivity contribution in [3.05, 3.63) is 0 Å². The Bertz CT molecular complexity index is 772. The van der Waals surface area contributed by atoms with Crippen molar-refractivity contribution in [1.82, 2.24) is 5.43 Å². The Morgan fingerprint density at radius 3 is 2.78 bits per heavy atom. The molecule has 180 valence electrons. The number of oxime groups is 1. The lowest BCUT2D eigenvalue weighted by Crippen LogP contribution is -2.62. The molecule has 0 aliphatic heterocycles. The first kappa shape index (κ1) is 23.5. The second-order valence-corrected chi connectivity index (χ2v) is 11.2. The van der Waals surface area contributed by atoms with Crippen LogP contribution in [0.25, 0.3) is 0 Å². The minimum absolute atomic E-state index is 0.104. The molecule has 4 rings (SSSR count). The lowest BCUT2D eigenvalue weighted by molar-refractivity contribution is -0.198. The molecule has 8 nitrogen and oxygen atoms in total. The van der Waals surface area contributed by atoms with Crippen LogP contribution >= 0.6 is 0 Å². The summed E-state index contributed by atoms with van der Waals surface area (Å²) in [7, 11) is 0. The van der Waals surface area contributed by atoms with E-state index in [0.29, 0.717) is 30.9 Å². The van der Waals surface area contributed by atoms with E-state index in [4.69, 9.17) is 21.7 Å². The fraction of sp³-hybridized carbons (Fsp3) is 0.875. The van der Waals surface area contributed by atoms with E-state index in [1.165, 1.54) is 6.42 Å². The molecule has 0 aromatic rings. The first-order chi connectivity index (χ1) is 15.2. The zero-order valence-corrected chi connectivity index (χ0v) is 19.8. The monoisotopic (exact) mass is 446 g/mol.